The molecule has 0 aromatic heterocycles. The maximum atomic E-state index is 12.8. The molecule has 2 unspecified atom stereocenters. The van der Waals surface area contributed by atoms with E-state index in [1.165, 1.54) is 0 Å². The van der Waals surface area contributed by atoms with E-state index in [1.54, 1.807) is 50.2 Å². The molecule has 0 bridgehead atoms. The Morgan fingerprint density at radius 2 is 0.952 bits per heavy atom. The molecule has 4 aromatic carbocycles. The first-order chi connectivity index (χ1) is 19.9. The van der Waals surface area contributed by atoms with Gasteiger partial charge in [-0.2, -0.15) is 0 Å². The first kappa shape index (κ1) is 30.9. The van der Waals surface area contributed by atoms with Crippen LogP contribution in [0.15, 0.2) is 72.8 Å². The third kappa shape index (κ3) is 7.64. The molecule has 0 fully saturated rings. The van der Waals surface area contributed by atoms with Gasteiger partial charge in [0, 0.05) is 21.4 Å². The van der Waals surface area contributed by atoms with Crippen molar-refractivity contribution in [3.8, 4) is 22.6 Å². The second-order valence-electron chi connectivity index (χ2n) is 10.4. The van der Waals surface area contributed by atoms with E-state index in [2.05, 4.69) is 10.6 Å². The number of hydrogen-bond donors (Lipinski definition) is 2. The zero-order valence-electron chi connectivity index (χ0n) is 24.5. The van der Waals surface area contributed by atoms with Gasteiger partial charge in [-0.3, -0.25) is 9.59 Å². The SMILES string of the molecule is Cc1cc(-c2ccc(NC(=O)C(C)Oc3ccc(Cl)cc3C)c(C)c2)ccc1NC(=O)C(C)Oc1ccc(Cl)cc1C. The highest BCUT2D eigenvalue weighted by Crippen LogP contribution is 2.29. The molecular weight excluding hydrogens is 571 g/mol. The molecular formula is C34H34Cl2N2O4. The minimum absolute atomic E-state index is 0.249. The van der Waals surface area contributed by atoms with Gasteiger partial charge in [0.05, 0.1) is 0 Å². The van der Waals surface area contributed by atoms with Gasteiger partial charge in [-0.15, -0.1) is 0 Å². The number of benzene rings is 4. The zero-order chi connectivity index (χ0) is 30.6. The number of aryl methyl sites for hydroxylation is 4. The smallest absolute Gasteiger partial charge is 0.265 e. The van der Waals surface area contributed by atoms with E-state index in [9.17, 15) is 9.59 Å². The fourth-order valence-corrected chi connectivity index (χ4v) is 4.87. The molecule has 0 heterocycles. The molecule has 6 nitrogen and oxygen atoms in total. The van der Waals surface area contributed by atoms with Crippen molar-refractivity contribution in [2.24, 2.45) is 0 Å². The average molecular weight is 606 g/mol. The second-order valence-corrected chi connectivity index (χ2v) is 11.3. The summed E-state index contributed by atoms with van der Waals surface area (Å²) in [7, 11) is 0. The normalized spacial score (nSPS) is 12.3. The average Bonchev–Trinajstić information content (AvgIpc) is 2.93. The number of carbonyl (C=O) groups excluding carboxylic acids is 2. The molecule has 2 N–H and O–H groups in total. The lowest BCUT2D eigenvalue weighted by Gasteiger charge is -2.18. The molecule has 4 aromatic rings. The minimum atomic E-state index is -0.697. The Hall–Kier alpha value is -4.00. The fourth-order valence-electron chi connectivity index (χ4n) is 4.41. The van der Waals surface area contributed by atoms with E-state index in [0.29, 0.717) is 32.9 Å². The predicted octanol–water partition coefficient (Wildman–Crippen LogP) is 8.71. The molecule has 218 valence electrons. The largest absolute Gasteiger partial charge is 0.481 e. The topological polar surface area (TPSA) is 76.7 Å². The van der Waals surface area contributed by atoms with Crippen LogP contribution in [-0.4, -0.2) is 24.0 Å². The van der Waals surface area contributed by atoms with Crippen molar-refractivity contribution in [3.63, 3.8) is 0 Å². The van der Waals surface area contributed by atoms with Crippen molar-refractivity contribution in [1.82, 2.24) is 0 Å². The van der Waals surface area contributed by atoms with Crippen LogP contribution in [-0.2, 0) is 9.59 Å². The summed E-state index contributed by atoms with van der Waals surface area (Å²) in [5.41, 5.74) is 6.93. The Kier molecular flexibility index (Phi) is 9.81. The Bertz CT molecular complexity index is 1520. The summed E-state index contributed by atoms with van der Waals surface area (Å²) in [5, 5.41) is 7.15. The molecule has 4 rings (SSSR count). The first-order valence-corrected chi connectivity index (χ1v) is 14.4. The number of halogens is 2. The highest BCUT2D eigenvalue weighted by molar-refractivity contribution is 6.31. The Morgan fingerprint density at radius 3 is 1.29 bits per heavy atom. The van der Waals surface area contributed by atoms with E-state index in [0.717, 1.165) is 33.4 Å². The van der Waals surface area contributed by atoms with Crippen LogP contribution in [0.4, 0.5) is 11.4 Å². The molecule has 2 atom stereocenters. The van der Waals surface area contributed by atoms with Gasteiger partial charge in [0.15, 0.2) is 12.2 Å². The summed E-state index contributed by atoms with van der Waals surface area (Å²) < 4.78 is 11.7. The number of amides is 2. The summed E-state index contributed by atoms with van der Waals surface area (Å²) in [6.45, 7) is 11.1. The molecule has 0 saturated heterocycles. The molecule has 0 aliphatic heterocycles. The Labute approximate surface area is 257 Å². The van der Waals surface area contributed by atoms with Gasteiger partial charge >= 0.3 is 0 Å². The number of rotatable bonds is 9. The van der Waals surface area contributed by atoms with Gasteiger partial charge < -0.3 is 20.1 Å². The quantitative estimate of drug-likeness (QED) is 0.200. The molecule has 0 spiro atoms. The van der Waals surface area contributed by atoms with Gasteiger partial charge in [0.25, 0.3) is 11.8 Å². The van der Waals surface area contributed by atoms with Crippen molar-refractivity contribution >= 4 is 46.4 Å². The molecule has 0 aliphatic carbocycles. The van der Waals surface area contributed by atoms with Crippen LogP contribution < -0.4 is 20.1 Å². The van der Waals surface area contributed by atoms with Crippen LogP contribution in [0.5, 0.6) is 11.5 Å². The molecule has 0 aliphatic rings. The fraction of sp³-hybridized carbons (Fsp3) is 0.235. The molecule has 0 saturated carbocycles. The third-order valence-electron chi connectivity index (χ3n) is 6.92. The van der Waals surface area contributed by atoms with Gasteiger partial charge in [-0.25, -0.2) is 0 Å². The summed E-state index contributed by atoms with van der Waals surface area (Å²) in [6.07, 6.45) is -1.39. The number of anilines is 2. The number of nitrogens with one attached hydrogen (secondary N) is 2. The minimum Gasteiger partial charge on any atom is -0.481 e. The van der Waals surface area contributed by atoms with Crippen LogP contribution >= 0.6 is 23.2 Å². The maximum Gasteiger partial charge on any atom is 0.265 e. The number of carbonyl (C=O) groups is 2. The maximum absolute atomic E-state index is 12.8. The lowest BCUT2D eigenvalue weighted by atomic mass is 9.99. The zero-order valence-corrected chi connectivity index (χ0v) is 26.0. The monoisotopic (exact) mass is 604 g/mol. The second kappa shape index (κ2) is 13.3. The van der Waals surface area contributed by atoms with Gasteiger partial charge in [-0.05, 0) is 136 Å². The Balaban J connectivity index is 1.39. The molecule has 2 amide bonds. The van der Waals surface area contributed by atoms with Crippen molar-refractivity contribution < 1.29 is 19.1 Å². The van der Waals surface area contributed by atoms with E-state index >= 15 is 0 Å². The van der Waals surface area contributed by atoms with E-state index in [4.69, 9.17) is 32.7 Å². The summed E-state index contributed by atoms with van der Waals surface area (Å²) in [4.78, 5) is 25.7. The van der Waals surface area contributed by atoms with Crippen molar-refractivity contribution in [2.45, 2.75) is 53.8 Å². The van der Waals surface area contributed by atoms with Crippen LogP contribution in [0, 0.1) is 27.7 Å². The standard InChI is InChI=1S/C34H34Cl2N2O4/c1-19-15-25(7-11-29(19)37-33(39)23(5)41-31-13-9-27(35)17-21(31)3)26-8-12-30(20(2)16-26)38-34(40)24(6)42-32-14-10-28(36)18-22(32)4/h7-18,23-24H,1-6H3,(H,37,39)(H,38,40). The van der Waals surface area contributed by atoms with Crippen molar-refractivity contribution in [3.05, 3.63) is 105 Å². The summed E-state index contributed by atoms with van der Waals surface area (Å²) in [5.74, 6) is 0.728. The number of hydrogen-bond acceptors (Lipinski definition) is 4. The highest BCUT2D eigenvalue weighted by atomic mass is 35.5. The van der Waals surface area contributed by atoms with E-state index in [1.807, 2.05) is 64.1 Å². The van der Waals surface area contributed by atoms with Crippen LogP contribution in [0.2, 0.25) is 10.0 Å². The summed E-state index contributed by atoms with van der Waals surface area (Å²) >= 11 is 12.0. The lowest BCUT2D eigenvalue weighted by molar-refractivity contribution is -0.122. The van der Waals surface area contributed by atoms with E-state index < -0.39 is 12.2 Å². The van der Waals surface area contributed by atoms with Crippen molar-refractivity contribution in [1.29, 1.82) is 0 Å². The number of ether oxygens (including phenoxy) is 2. The van der Waals surface area contributed by atoms with Crippen LogP contribution in [0.1, 0.15) is 36.1 Å². The third-order valence-corrected chi connectivity index (χ3v) is 7.39. The van der Waals surface area contributed by atoms with Crippen LogP contribution in [0.25, 0.3) is 11.1 Å². The van der Waals surface area contributed by atoms with Gasteiger partial charge in [0.2, 0.25) is 0 Å². The lowest BCUT2D eigenvalue weighted by Crippen LogP contribution is -2.30. The molecule has 8 heteroatoms. The Morgan fingerprint density at radius 1 is 0.571 bits per heavy atom. The predicted molar refractivity (Wildman–Crippen MR) is 171 cm³/mol. The van der Waals surface area contributed by atoms with Crippen molar-refractivity contribution in [2.75, 3.05) is 10.6 Å². The van der Waals surface area contributed by atoms with Gasteiger partial charge in [0.1, 0.15) is 11.5 Å². The summed E-state index contributed by atoms with van der Waals surface area (Å²) in [6, 6.07) is 22.3. The molecule has 0 radical (unpaired) electrons. The molecule has 42 heavy (non-hydrogen) atoms. The van der Waals surface area contributed by atoms with Gasteiger partial charge in [-0.1, -0.05) is 35.3 Å². The van der Waals surface area contributed by atoms with Crippen LogP contribution in [0.3, 0.4) is 0 Å². The first-order valence-electron chi connectivity index (χ1n) is 13.6. The van der Waals surface area contributed by atoms with E-state index in [-0.39, 0.29) is 11.8 Å². The highest BCUT2D eigenvalue weighted by Gasteiger charge is 2.19.